The highest BCUT2D eigenvalue weighted by Gasteiger charge is 2.19. The Kier molecular flexibility index (Phi) is 6.64. The van der Waals surface area contributed by atoms with Crippen molar-refractivity contribution in [2.75, 3.05) is 5.32 Å². The number of rotatable bonds is 8. The molecule has 3 aromatic rings. The van der Waals surface area contributed by atoms with Crippen molar-refractivity contribution in [3.8, 4) is 5.75 Å². The second-order valence-corrected chi connectivity index (χ2v) is 8.21. The Hall–Kier alpha value is -3.16. The Bertz CT molecular complexity index is 1130. The summed E-state index contributed by atoms with van der Waals surface area (Å²) in [5.41, 5.74) is 4.28. The van der Waals surface area contributed by atoms with Gasteiger partial charge < -0.3 is 19.9 Å². The van der Waals surface area contributed by atoms with E-state index in [0.29, 0.717) is 16.8 Å². The number of fused-ring (bicyclic) bond motifs is 1. The first-order valence-electron chi connectivity index (χ1n) is 9.86. The largest absolute Gasteiger partial charge is 0.482 e. The number of anilines is 1. The Morgan fingerprint density at radius 3 is 2.52 bits per heavy atom. The molecule has 0 amide bonds. The second kappa shape index (κ2) is 9.76. The van der Waals surface area contributed by atoms with E-state index in [4.69, 9.17) is 14.6 Å². The molecule has 0 spiro atoms. The highest BCUT2D eigenvalue weighted by Crippen LogP contribution is 2.24. The van der Waals surface area contributed by atoms with Crippen LogP contribution in [-0.2, 0) is 26.2 Å². The van der Waals surface area contributed by atoms with Gasteiger partial charge in [0.25, 0.3) is 0 Å². The lowest BCUT2D eigenvalue weighted by molar-refractivity contribution is 0.241. The first-order valence-corrected chi connectivity index (χ1v) is 10.7. The third kappa shape index (κ3) is 5.51. The lowest BCUT2D eigenvalue weighted by Gasteiger charge is -2.14. The molecule has 6 nitrogen and oxygen atoms in total. The van der Waals surface area contributed by atoms with E-state index in [-0.39, 0.29) is 17.8 Å². The minimum absolute atomic E-state index is 0.183. The summed E-state index contributed by atoms with van der Waals surface area (Å²) in [7, 11) is 0. The van der Waals surface area contributed by atoms with Gasteiger partial charge in [0.05, 0.1) is 11.0 Å². The molecular formula is C24H22BrN3O3. The molecule has 1 aliphatic heterocycles. The van der Waals surface area contributed by atoms with E-state index in [1.807, 2.05) is 36.4 Å². The number of nitrogens with one attached hydrogen (secondary N) is 2. The summed E-state index contributed by atoms with van der Waals surface area (Å²) < 4.78 is 12.0. The molecule has 31 heavy (non-hydrogen) atoms. The van der Waals surface area contributed by atoms with Crippen molar-refractivity contribution >= 4 is 27.8 Å². The van der Waals surface area contributed by atoms with Gasteiger partial charge in [-0.3, -0.25) is 9.69 Å². The quantitative estimate of drug-likeness (QED) is 0.442. The smallest absolute Gasteiger partial charge is 0.227 e. The molecule has 4 rings (SSSR count). The molecule has 2 aromatic carbocycles. The van der Waals surface area contributed by atoms with Crippen molar-refractivity contribution in [2.45, 2.75) is 26.2 Å². The van der Waals surface area contributed by atoms with Gasteiger partial charge in [0, 0.05) is 37.3 Å². The Morgan fingerprint density at radius 1 is 1.16 bits per heavy atom. The topological polar surface area (TPSA) is 78.6 Å². The zero-order chi connectivity index (χ0) is 21.6. The third-order valence-electron chi connectivity index (χ3n) is 5.00. The van der Waals surface area contributed by atoms with Crippen molar-refractivity contribution in [2.24, 2.45) is 0 Å². The molecule has 2 heterocycles. The fraction of sp³-hybridized carbons (Fsp3) is 0.167. The van der Waals surface area contributed by atoms with E-state index in [1.54, 1.807) is 6.20 Å². The monoisotopic (exact) mass is 479 g/mol. The fourth-order valence-electron chi connectivity index (χ4n) is 3.41. The number of allylic oxidation sites excluding steroid dienone is 1. The first kappa shape index (κ1) is 21.1. The van der Waals surface area contributed by atoms with Gasteiger partial charge in [-0.1, -0.05) is 36.4 Å². The van der Waals surface area contributed by atoms with Crippen LogP contribution < -0.4 is 15.5 Å². The minimum Gasteiger partial charge on any atom is -0.482 e. The van der Waals surface area contributed by atoms with Crippen LogP contribution in [0.4, 0.5) is 5.69 Å². The number of hydrogen-bond donors (Lipinski definition) is 2. The molecule has 7 heteroatoms. The van der Waals surface area contributed by atoms with Gasteiger partial charge in [0.15, 0.2) is 0 Å². The average Bonchev–Trinajstić information content (AvgIpc) is 3.20. The van der Waals surface area contributed by atoms with Crippen molar-refractivity contribution in [1.29, 1.82) is 5.41 Å². The number of hydrogen-bond acceptors (Lipinski definition) is 6. The zero-order valence-corrected chi connectivity index (χ0v) is 18.4. The number of benzene rings is 2. The maximum absolute atomic E-state index is 12.4. The van der Waals surface area contributed by atoms with E-state index in [9.17, 15) is 4.79 Å². The van der Waals surface area contributed by atoms with Crippen LogP contribution in [0.25, 0.3) is 0 Å². The third-order valence-corrected chi connectivity index (χ3v) is 5.46. The lowest BCUT2D eigenvalue weighted by atomic mass is 10.1. The summed E-state index contributed by atoms with van der Waals surface area (Å²) in [5, 5.41) is 10.2. The van der Waals surface area contributed by atoms with Gasteiger partial charge in [0.2, 0.25) is 11.2 Å². The molecular weight excluding hydrogens is 458 g/mol. The highest BCUT2D eigenvalue weighted by atomic mass is 79.9. The van der Waals surface area contributed by atoms with Crippen LogP contribution >= 0.6 is 15.9 Å². The Balaban J connectivity index is 1.32. The molecule has 0 saturated heterocycles. The summed E-state index contributed by atoms with van der Waals surface area (Å²) in [4.78, 5) is 14.7. The summed E-state index contributed by atoms with van der Waals surface area (Å²) in [6.45, 7) is 2.57. The standard InChI is InChI=1S/C24H22BrN3O3/c25-20(10-26)11-27-21-7-5-17(6-8-21)15-31-24-16-30-22(9-23(24)29)14-28-12-18-3-1-2-4-19(18)13-28/h1-11,16,26-27H,12-15H2/b20-11+,26-10?. The van der Waals surface area contributed by atoms with Gasteiger partial charge >= 0.3 is 0 Å². The molecule has 0 fully saturated rings. The molecule has 0 radical (unpaired) electrons. The predicted octanol–water partition coefficient (Wildman–Crippen LogP) is 5.03. The summed E-state index contributed by atoms with van der Waals surface area (Å²) in [5.74, 6) is 0.832. The fourth-order valence-corrected chi connectivity index (χ4v) is 3.53. The zero-order valence-electron chi connectivity index (χ0n) is 16.8. The number of nitrogens with zero attached hydrogens (tertiary/aromatic N) is 1. The van der Waals surface area contributed by atoms with E-state index < -0.39 is 0 Å². The van der Waals surface area contributed by atoms with Crippen LogP contribution in [0, 0.1) is 5.41 Å². The van der Waals surface area contributed by atoms with Gasteiger partial charge in [-0.25, -0.2) is 0 Å². The number of halogens is 1. The van der Waals surface area contributed by atoms with Crippen molar-refractivity contribution in [3.05, 3.63) is 104 Å². The number of ether oxygens (including phenoxy) is 1. The van der Waals surface area contributed by atoms with Crippen molar-refractivity contribution in [1.82, 2.24) is 4.90 Å². The van der Waals surface area contributed by atoms with Gasteiger partial charge in [0.1, 0.15) is 18.6 Å². The molecule has 0 saturated carbocycles. The second-order valence-electron chi connectivity index (χ2n) is 7.29. The van der Waals surface area contributed by atoms with Crippen molar-refractivity contribution in [3.63, 3.8) is 0 Å². The molecule has 1 aromatic heterocycles. The maximum Gasteiger partial charge on any atom is 0.227 e. The highest BCUT2D eigenvalue weighted by molar-refractivity contribution is 9.12. The van der Waals surface area contributed by atoms with Crippen LogP contribution in [0.15, 0.2) is 80.8 Å². The van der Waals surface area contributed by atoms with Gasteiger partial charge in [-0.2, -0.15) is 0 Å². The summed E-state index contributed by atoms with van der Waals surface area (Å²) >= 11 is 3.24. The average molecular weight is 480 g/mol. The maximum atomic E-state index is 12.4. The van der Waals surface area contributed by atoms with E-state index >= 15 is 0 Å². The molecule has 158 valence electrons. The predicted molar refractivity (Wildman–Crippen MR) is 125 cm³/mol. The van der Waals surface area contributed by atoms with Crippen molar-refractivity contribution < 1.29 is 9.15 Å². The normalized spacial score (nSPS) is 13.6. The minimum atomic E-state index is -0.183. The summed E-state index contributed by atoms with van der Waals surface area (Å²) in [6, 6.07) is 17.5. The van der Waals surface area contributed by atoms with Gasteiger partial charge in [-0.15, -0.1) is 0 Å². The van der Waals surface area contributed by atoms with E-state index in [0.717, 1.165) is 24.3 Å². The Labute approximate surface area is 188 Å². The van der Waals surface area contributed by atoms with Crippen LogP contribution in [0.2, 0.25) is 0 Å². The SMILES string of the molecule is N=C/C(Br)=C\Nc1ccc(COc2coc(CN3Cc4ccccc4C3)cc2=O)cc1. The molecule has 0 aliphatic carbocycles. The lowest BCUT2D eigenvalue weighted by Crippen LogP contribution is -2.17. The van der Waals surface area contributed by atoms with Crippen LogP contribution in [0.5, 0.6) is 5.75 Å². The van der Waals surface area contributed by atoms with E-state index in [2.05, 4.69) is 38.3 Å². The van der Waals surface area contributed by atoms with Crippen LogP contribution in [-0.4, -0.2) is 11.1 Å². The Morgan fingerprint density at radius 2 is 1.87 bits per heavy atom. The molecule has 2 N–H and O–H groups in total. The molecule has 0 bridgehead atoms. The molecule has 0 atom stereocenters. The van der Waals surface area contributed by atoms with Gasteiger partial charge in [-0.05, 0) is 44.8 Å². The van der Waals surface area contributed by atoms with Crippen LogP contribution in [0.3, 0.4) is 0 Å². The molecule has 0 unspecified atom stereocenters. The summed E-state index contributed by atoms with van der Waals surface area (Å²) in [6.07, 6.45) is 4.29. The van der Waals surface area contributed by atoms with E-state index in [1.165, 1.54) is 29.7 Å². The van der Waals surface area contributed by atoms with Crippen LogP contribution in [0.1, 0.15) is 22.5 Å². The first-order chi connectivity index (χ1) is 15.1. The molecule has 1 aliphatic rings.